The van der Waals surface area contributed by atoms with E-state index in [0.717, 1.165) is 22.7 Å². The maximum Gasteiger partial charge on any atom is 0.131 e. The molecule has 0 aliphatic rings. The van der Waals surface area contributed by atoms with Crippen molar-refractivity contribution in [1.29, 1.82) is 0 Å². The van der Waals surface area contributed by atoms with E-state index in [1.54, 1.807) is 6.20 Å². The number of halogens is 2. The van der Waals surface area contributed by atoms with E-state index in [0.29, 0.717) is 5.56 Å². The molecule has 0 bridgehead atoms. The van der Waals surface area contributed by atoms with Crippen molar-refractivity contribution in [3.63, 3.8) is 0 Å². The predicted octanol–water partition coefficient (Wildman–Crippen LogP) is 4.01. The van der Waals surface area contributed by atoms with Gasteiger partial charge in [-0.3, -0.25) is 5.10 Å². The first-order chi connectivity index (χ1) is 9.63. The molecule has 1 heterocycles. The lowest BCUT2D eigenvalue weighted by Gasteiger charge is -2.16. The van der Waals surface area contributed by atoms with E-state index in [9.17, 15) is 8.78 Å². The highest BCUT2D eigenvalue weighted by Gasteiger charge is 2.11. The van der Waals surface area contributed by atoms with Crippen molar-refractivity contribution in [2.24, 2.45) is 0 Å². The molecular formula is C15H13F2N3. The second-order valence-electron chi connectivity index (χ2n) is 4.70. The van der Waals surface area contributed by atoms with Gasteiger partial charge in [0.1, 0.15) is 11.6 Å². The zero-order valence-electron chi connectivity index (χ0n) is 10.8. The SMILES string of the molecule is CC(Nc1ccc2[nH]ncc2c1)c1ccc(F)cc1F. The van der Waals surface area contributed by atoms with E-state index < -0.39 is 11.6 Å². The van der Waals surface area contributed by atoms with E-state index in [2.05, 4.69) is 15.5 Å². The molecule has 0 amide bonds. The molecule has 1 aromatic heterocycles. The van der Waals surface area contributed by atoms with Crippen molar-refractivity contribution in [1.82, 2.24) is 10.2 Å². The Bertz CT molecular complexity index is 752. The van der Waals surface area contributed by atoms with Crippen LogP contribution in [-0.2, 0) is 0 Å². The zero-order valence-corrected chi connectivity index (χ0v) is 10.8. The maximum atomic E-state index is 13.7. The van der Waals surface area contributed by atoms with Crippen LogP contribution in [0.1, 0.15) is 18.5 Å². The number of H-pyrrole nitrogens is 1. The van der Waals surface area contributed by atoms with Crippen molar-refractivity contribution in [3.05, 3.63) is 59.8 Å². The first-order valence-corrected chi connectivity index (χ1v) is 6.28. The summed E-state index contributed by atoms with van der Waals surface area (Å²) in [6.45, 7) is 1.83. The second-order valence-corrected chi connectivity index (χ2v) is 4.70. The first-order valence-electron chi connectivity index (χ1n) is 6.28. The fraction of sp³-hybridized carbons (Fsp3) is 0.133. The third kappa shape index (κ3) is 2.34. The monoisotopic (exact) mass is 273 g/mol. The van der Waals surface area contributed by atoms with Crippen LogP contribution in [0.2, 0.25) is 0 Å². The third-order valence-electron chi connectivity index (χ3n) is 3.25. The van der Waals surface area contributed by atoms with E-state index in [1.165, 1.54) is 12.1 Å². The van der Waals surface area contributed by atoms with Gasteiger partial charge in [-0.25, -0.2) is 8.78 Å². The number of hydrogen-bond donors (Lipinski definition) is 2. The number of aromatic amines is 1. The smallest absolute Gasteiger partial charge is 0.131 e. The molecule has 102 valence electrons. The Morgan fingerprint density at radius 3 is 2.80 bits per heavy atom. The van der Waals surface area contributed by atoms with Crippen LogP contribution >= 0.6 is 0 Å². The molecule has 0 fully saturated rings. The topological polar surface area (TPSA) is 40.7 Å². The minimum atomic E-state index is -0.571. The summed E-state index contributed by atoms with van der Waals surface area (Å²) >= 11 is 0. The van der Waals surface area contributed by atoms with Crippen LogP contribution in [0.15, 0.2) is 42.6 Å². The van der Waals surface area contributed by atoms with Crippen molar-refractivity contribution in [3.8, 4) is 0 Å². The van der Waals surface area contributed by atoms with Gasteiger partial charge in [0.2, 0.25) is 0 Å². The van der Waals surface area contributed by atoms with Crippen LogP contribution in [0, 0.1) is 11.6 Å². The molecule has 1 unspecified atom stereocenters. The molecule has 0 saturated carbocycles. The lowest BCUT2D eigenvalue weighted by atomic mass is 10.1. The minimum absolute atomic E-state index is 0.264. The molecular weight excluding hydrogens is 260 g/mol. The van der Waals surface area contributed by atoms with Crippen molar-refractivity contribution in [2.45, 2.75) is 13.0 Å². The lowest BCUT2D eigenvalue weighted by Crippen LogP contribution is -2.08. The van der Waals surface area contributed by atoms with E-state index in [4.69, 9.17) is 0 Å². The molecule has 0 saturated heterocycles. The largest absolute Gasteiger partial charge is 0.378 e. The standard InChI is InChI=1S/C15H13F2N3/c1-9(13-4-2-11(16)7-14(13)17)19-12-3-5-15-10(6-12)8-18-20-15/h2-9,19H,1H3,(H,18,20). The first kappa shape index (κ1) is 12.6. The second kappa shape index (κ2) is 4.92. The summed E-state index contributed by atoms with van der Waals surface area (Å²) in [5.41, 5.74) is 2.23. The number of rotatable bonds is 3. The Kier molecular flexibility index (Phi) is 3.10. The highest BCUT2D eigenvalue weighted by molar-refractivity contribution is 5.81. The molecule has 5 heteroatoms. The van der Waals surface area contributed by atoms with Gasteiger partial charge < -0.3 is 5.32 Å². The number of nitrogens with one attached hydrogen (secondary N) is 2. The third-order valence-corrected chi connectivity index (χ3v) is 3.25. The Morgan fingerprint density at radius 2 is 2.00 bits per heavy atom. The fourth-order valence-electron chi connectivity index (χ4n) is 2.21. The van der Waals surface area contributed by atoms with Gasteiger partial charge in [0.25, 0.3) is 0 Å². The summed E-state index contributed by atoms with van der Waals surface area (Å²) in [7, 11) is 0. The number of hydrogen-bond acceptors (Lipinski definition) is 2. The molecule has 3 aromatic rings. The van der Waals surface area contributed by atoms with Gasteiger partial charge in [0, 0.05) is 22.7 Å². The summed E-state index contributed by atoms with van der Waals surface area (Å²) in [4.78, 5) is 0. The Labute approximate surface area is 114 Å². The summed E-state index contributed by atoms with van der Waals surface area (Å²) in [6.07, 6.45) is 1.73. The van der Waals surface area contributed by atoms with Gasteiger partial charge in [0.15, 0.2) is 0 Å². The molecule has 1 atom stereocenters. The number of anilines is 1. The molecule has 3 rings (SSSR count). The van der Waals surface area contributed by atoms with Gasteiger partial charge in [-0.05, 0) is 31.2 Å². The van der Waals surface area contributed by atoms with Crippen LogP contribution in [-0.4, -0.2) is 10.2 Å². The van der Waals surface area contributed by atoms with Gasteiger partial charge in [-0.2, -0.15) is 5.10 Å². The molecule has 3 nitrogen and oxygen atoms in total. The molecule has 2 N–H and O–H groups in total. The number of nitrogens with zero attached hydrogens (tertiary/aromatic N) is 1. The summed E-state index contributed by atoms with van der Waals surface area (Å²) in [6, 6.07) is 9.06. The minimum Gasteiger partial charge on any atom is -0.378 e. The quantitative estimate of drug-likeness (QED) is 0.756. The van der Waals surface area contributed by atoms with Gasteiger partial charge in [0.05, 0.1) is 17.8 Å². The van der Waals surface area contributed by atoms with Gasteiger partial charge in [-0.15, -0.1) is 0 Å². The highest BCUT2D eigenvalue weighted by Crippen LogP contribution is 2.24. The summed E-state index contributed by atoms with van der Waals surface area (Å²) < 4.78 is 26.6. The zero-order chi connectivity index (χ0) is 14.1. The fourth-order valence-corrected chi connectivity index (χ4v) is 2.21. The van der Waals surface area contributed by atoms with Crippen molar-refractivity contribution >= 4 is 16.6 Å². The summed E-state index contributed by atoms with van der Waals surface area (Å²) in [5.74, 6) is -1.12. The normalized spacial score (nSPS) is 12.6. The van der Waals surface area contributed by atoms with Crippen LogP contribution in [0.3, 0.4) is 0 Å². The molecule has 0 radical (unpaired) electrons. The number of fused-ring (bicyclic) bond motifs is 1. The van der Waals surface area contributed by atoms with E-state index in [1.807, 2.05) is 25.1 Å². The van der Waals surface area contributed by atoms with Crippen molar-refractivity contribution in [2.75, 3.05) is 5.32 Å². The molecule has 2 aromatic carbocycles. The lowest BCUT2D eigenvalue weighted by molar-refractivity contribution is 0.566. The molecule has 0 aliphatic carbocycles. The van der Waals surface area contributed by atoms with Crippen molar-refractivity contribution < 1.29 is 8.78 Å². The predicted molar refractivity (Wildman–Crippen MR) is 74.5 cm³/mol. The highest BCUT2D eigenvalue weighted by atomic mass is 19.1. The average Bonchev–Trinajstić information content (AvgIpc) is 2.85. The Balaban J connectivity index is 1.85. The van der Waals surface area contributed by atoms with Crippen LogP contribution in [0.5, 0.6) is 0 Å². The van der Waals surface area contributed by atoms with E-state index in [-0.39, 0.29) is 6.04 Å². The van der Waals surface area contributed by atoms with Crippen LogP contribution in [0.25, 0.3) is 10.9 Å². The molecule has 20 heavy (non-hydrogen) atoms. The summed E-state index contributed by atoms with van der Waals surface area (Å²) in [5, 5.41) is 11.0. The average molecular weight is 273 g/mol. The Morgan fingerprint density at radius 1 is 1.15 bits per heavy atom. The van der Waals surface area contributed by atoms with E-state index >= 15 is 0 Å². The number of benzene rings is 2. The maximum absolute atomic E-state index is 13.7. The Hall–Kier alpha value is -2.43. The van der Waals surface area contributed by atoms with Crippen LogP contribution in [0.4, 0.5) is 14.5 Å². The number of aromatic nitrogens is 2. The van der Waals surface area contributed by atoms with Gasteiger partial charge in [-0.1, -0.05) is 6.07 Å². The molecule has 0 aliphatic heterocycles. The molecule has 0 spiro atoms. The van der Waals surface area contributed by atoms with Crippen LogP contribution < -0.4 is 5.32 Å². The van der Waals surface area contributed by atoms with Gasteiger partial charge >= 0.3 is 0 Å².